The van der Waals surface area contributed by atoms with E-state index in [0.29, 0.717) is 0 Å². The highest BCUT2D eigenvalue weighted by molar-refractivity contribution is 5.74. The number of esters is 2. The Hall–Kier alpha value is -1.84. The molecule has 4 heteroatoms. The third kappa shape index (κ3) is 5.03. The molecule has 0 aromatic heterocycles. The largest absolute Gasteiger partial charge is 0.460 e. The summed E-state index contributed by atoms with van der Waals surface area (Å²) in [6.07, 6.45) is -0.636. The van der Waals surface area contributed by atoms with E-state index in [1.165, 1.54) is 6.92 Å². The molecule has 0 aliphatic carbocycles. The maximum Gasteiger partial charge on any atom is 0.313 e. The fraction of sp³-hybridized carbons (Fsp3) is 0.500. The molecule has 0 fully saturated rings. The van der Waals surface area contributed by atoms with E-state index in [-0.39, 0.29) is 5.97 Å². The molecule has 0 heterocycles. The third-order valence-electron chi connectivity index (χ3n) is 2.65. The van der Waals surface area contributed by atoms with Crippen LogP contribution in [0.2, 0.25) is 0 Å². The van der Waals surface area contributed by atoms with Crippen molar-refractivity contribution in [2.45, 2.75) is 46.3 Å². The zero-order valence-corrected chi connectivity index (χ0v) is 12.7. The van der Waals surface area contributed by atoms with Crippen LogP contribution in [-0.4, -0.2) is 17.5 Å². The van der Waals surface area contributed by atoms with Crippen molar-refractivity contribution in [3.05, 3.63) is 35.9 Å². The van der Waals surface area contributed by atoms with Gasteiger partial charge in [-0.1, -0.05) is 30.3 Å². The fourth-order valence-electron chi connectivity index (χ4n) is 1.80. The first kappa shape index (κ1) is 16.2. The number of carbonyl (C=O) groups is 2. The first-order valence-corrected chi connectivity index (χ1v) is 6.66. The van der Waals surface area contributed by atoms with Crippen molar-refractivity contribution >= 4 is 11.9 Å². The molecule has 0 N–H and O–H groups in total. The second kappa shape index (κ2) is 6.55. The smallest absolute Gasteiger partial charge is 0.313 e. The third-order valence-corrected chi connectivity index (χ3v) is 2.65. The first-order valence-electron chi connectivity index (χ1n) is 6.66. The van der Waals surface area contributed by atoms with Gasteiger partial charge in [0, 0.05) is 6.92 Å². The summed E-state index contributed by atoms with van der Waals surface area (Å²) in [6, 6.07) is 9.21. The van der Waals surface area contributed by atoms with Crippen LogP contribution in [0.5, 0.6) is 0 Å². The molecule has 0 spiro atoms. The number of benzene rings is 1. The van der Waals surface area contributed by atoms with E-state index in [0.717, 1.165) is 5.56 Å². The predicted molar refractivity (Wildman–Crippen MR) is 76.0 cm³/mol. The lowest BCUT2D eigenvalue weighted by atomic mass is 9.97. The van der Waals surface area contributed by atoms with Crippen LogP contribution in [0.15, 0.2) is 30.3 Å². The summed E-state index contributed by atoms with van der Waals surface area (Å²) in [4.78, 5) is 23.4. The Kier molecular flexibility index (Phi) is 5.31. The van der Waals surface area contributed by atoms with E-state index in [1.54, 1.807) is 27.7 Å². The second-order valence-electron chi connectivity index (χ2n) is 5.76. The lowest BCUT2D eigenvalue weighted by molar-refractivity contribution is -0.168. The highest BCUT2D eigenvalue weighted by Gasteiger charge is 2.31. The molecular weight excluding hydrogens is 256 g/mol. The molecule has 0 saturated carbocycles. The Balaban J connectivity index is 2.94. The number of carbonyl (C=O) groups excluding carboxylic acids is 2. The van der Waals surface area contributed by atoms with Gasteiger partial charge in [0.1, 0.15) is 11.7 Å². The van der Waals surface area contributed by atoms with Gasteiger partial charge in [-0.25, -0.2) is 0 Å². The Bertz CT molecular complexity index is 459. The minimum absolute atomic E-state index is 0.382. The summed E-state index contributed by atoms with van der Waals surface area (Å²) in [5.41, 5.74) is 0.212. The molecule has 0 aliphatic heterocycles. The van der Waals surface area contributed by atoms with Crippen LogP contribution >= 0.6 is 0 Å². The summed E-state index contributed by atoms with van der Waals surface area (Å²) >= 11 is 0. The normalized spacial score (nSPS) is 14.2. The van der Waals surface area contributed by atoms with Gasteiger partial charge in [0.15, 0.2) is 0 Å². The first-order chi connectivity index (χ1) is 9.20. The molecule has 0 unspecified atom stereocenters. The lowest BCUT2D eigenvalue weighted by Gasteiger charge is -2.27. The monoisotopic (exact) mass is 278 g/mol. The molecule has 110 valence electrons. The van der Waals surface area contributed by atoms with Crippen LogP contribution in [0, 0.1) is 5.92 Å². The zero-order valence-electron chi connectivity index (χ0n) is 12.7. The van der Waals surface area contributed by atoms with E-state index in [1.807, 2.05) is 30.3 Å². The molecule has 0 saturated heterocycles. The van der Waals surface area contributed by atoms with E-state index in [4.69, 9.17) is 9.47 Å². The highest BCUT2D eigenvalue weighted by Crippen LogP contribution is 2.28. The van der Waals surface area contributed by atoms with Gasteiger partial charge in [-0.3, -0.25) is 9.59 Å². The van der Waals surface area contributed by atoms with E-state index >= 15 is 0 Å². The Morgan fingerprint density at radius 2 is 1.65 bits per heavy atom. The van der Waals surface area contributed by atoms with Gasteiger partial charge in [-0.05, 0) is 33.3 Å². The molecule has 1 aromatic carbocycles. The summed E-state index contributed by atoms with van der Waals surface area (Å²) in [6.45, 7) is 8.45. The highest BCUT2D eigenvalue weighted by atomic mass is 16.6. The molecule has 2 atom stereocenters. The summed E-state index contributed by atoms with van der Waals surface area (Å²) < 4.78 is 10.6. The average molecular weight is 278 g/mol. The Morgan fingerprint density at radius 1 is 1.10 bits per heavy atom. The second-order valence-corrected chi connectivity index (χ2v) is 5.76. The average Bonchev–Trinajstić information content (AvgIpc) is 2.34. The van der Waals surface area contributed by atoms with Crippen molar-refractivity contribution in [2.75, 3.05) is 0 Å². The molecular formula is C16H22O4. The summed E-state index contributed by atoms with van der Waals surface area (Å²) in [7, 11) is 0. The molecule has 0 bridgehead atoms. The van der Waals surface area contributed by atoms with Crippen LogP contribution in [0.1, 0.15) is 46.3 Å². The molecule has 1 aromatic rings. The van der Waals surface area contributed by atoms with Crippen molar-refractivity contribution < 1.29 is 19.1 Å². The van der Waals surface area contributed by atoms with Gasteiger partial charge in [-0.15, -0.1) is 0 Å². The number of ether oxygens (including phenoxy) is 2. The van der Waals surface area contributed by atoms with Gasteiger partial charge in [-0.2, -0.15) is 0 Å². The van der Waals surface area contributed by atoms with Crippen LogP contribution in [0.4, 0.5) is 0 Å². The number of hydrogen-bond acceptors (Lipinski definition) is 4. The van der Waals surface area contributed by atoms with E-state index in [9.17, 15) is 9.59 Å². The molecule has 20 heavy (non-hydrogen) atoms. The van der Waals surface area contributed by atoms with Crippen molar-refractivity contribution in [3.63, 3.8) is 0 Å². The Labute approximate surface area is 120 Å². The fourth-order valence-corrected chi connectivity index (χ4v) is 1.80. The quantitative estimate of drug-likeness (QED) is 0.793. The minimum Gasteiger partial charge on any atom is -0.460 e. The Morgan fingerprint density at radius 3 is 2.10 bits per heavy atom. The van der Waals surface area contributed by atoms with Gasteiger partial charge < -0.3 is 9.47 Å². The molecule has 1 rings (SSSR count). The molecule has 0 radical (unpaired) electrons. The number of rotatable bonds is 4. The standard InChI is InChI=1S/C16H22O4/c1-11(15(18)20-16(3,4)5)14(19-12(2)17)13-9-7-6-8-10-13/h6-11,14H,1-5H3/t11-,14-/m0/s1. The molecule has 4 nitrogen and oxygen atoms in total. The van der Waals surface area contributed by atoms with Crippen LogP contribution < -0.4 is 0 Å². The van der Waals surface area contributed by atoms with Crippen molar-refractivity contribution in [1.29, 1.82) is 0 Å². The topological polar surface area (TPSA) is 52.6 Å². The molecule has 0 amide bonds. The number of hydrogen-bond donors (Lipinski definition) is 0. The van der Waals surface area contributed by atoms with Gasteiger partial charge in [0.2, 0.25) is 0 Å². The van der Waals surface area contributed by atoms with E-state index in [2.05, 4.69) is 0 Å². The zero-order chi connectivity index (χ0) is 15.3. The van der Waals surface area contributed by atoms with E-state index < -0.39 is 23.6 Å². The minimum atomic E-state index is -0.636. The van der Waals surface area contributed by atoms with Crippen LogP contribution in [-0.2, 0) is 19.1 Å². The summed E-state index contributed by atoms with van der Waals surface area (Å²) in [5.74, 6) is -1.37. The van der Waals surface area contributed by atoms with Gasteiger partial charge in [0.05, 0.1) is 5.92 Å². The summed E-state index contributed by atoms with van der Waals surface area (Å²) in [5, 5.41) is 0. The van der Waals surface area contributed by atoms with Crippen molar-refractivity contribution in [3.8, 4) is 0 Å². The van der Waals surface area contributed by atoms with Gasteiger partial charge >= 0.3 is 11.9 Å². The van der Waals surface area contributed by atoms with Gasteiger partial charge in [0.25, 0.3) is 0 Å². The van der Waals surface area contributed by atoms with Crippen molar-refractivity contribution in [2.24, 2.45) is 5.92 Å². The lowest BCUT2D eigenvalue weighted by Crippen LogP contribution is -2.31. The SMILES string of the molecule is CC(=O)O[C@H](c1ccccc1)[C@H](C)C(=O)OC(C)(C)C. The maximum absolute atomic E-state index is 12.1. The van der Waals surface area contributed by atoms with Crippen LogP contribution in [0.3, 0.4) is 0 Å². The van der Waals surface area contributed by atoms with Crippen molar-refractivity contribution in [1.82, 2.24) is 0 Å². The van der Waals surface area contributed by atoms with Crippen LogP contribution in [0.25, 0.3) is 0 Å². The predicted octanol–water partition coefficient (Wildman–Crippen LogP) is 3.27. The maximum atomic E-state index is 12.1. The molecule has 0 aliphatic rings.